The van der Waals surface area contributed by atoms with E-state index in [9.17, 15) is 9.18 Å². The number of ketones is 1. The molecule has 1 saturated heterocycles. The van der Waals surface area contributed by atoms with Crippen LogP contribution in [-0.4, -0.2) is 18.9 Å². The predicted molar refractivity (Wildman–Crippen MR) is 73.0 cm³/mol. The van der Waals surface area contributed by atoms with E-state index < -0.39 is 0 Å². The summed E-state index contributed by atoms with van der Waals surface area (Å²) in [5, 5.41) is 3.26. The van der Waals surface area contributed by atoms with Crippen LogP contribution in [0.15, 0.2) is 22.7 Å². The molecule has 2 rings (SSSR count). The van der Waals surface area contributed by atoms with Crippen molar-refractivity contribution in [1.29, 1.82) is 0 Å². The SMILES string of the molecule is CC1(C(=O)Cc2cc(F)ccc2Br)CCCNC1. The summed E-state index contributed by atoms with van der Waals surface area (Å²) in [7, 11) is 0. The zero-order valence-electron chi connectivity index (χ0n) is 10.4. The first-order valence-electron chi connectivity index (χ1n) is 6.19. The first-order chi connectivity index (χ1) is 8.51. The van der Waals surface area contributed by atoms with Gasteiger partial charge in [-0.25, -0.2) is 4.39 Å². The Bertz CT molecular complexity index is 455. The van der Waals surface area contributed by atoms with Crippen molar-refractivity contribution in [3.8, 4) is 0 Å². The third-order valence-corrected chi connectivity index (χ3v) is 4.40. The molecule has 0 aliphatic carbocycles. The van der Waals surface area contributed by atoms with Gasteiger partial charge < -0.3 is 5.32 Å². The van der Waals surface area contributed by atoms with Crippen molar-refractivity contribution < 1.29 is 9.18 Å². The molecule has 1 heterocycles. The van der Waals surface area contributed by atoms with Crippen LogP contribution in [0.1, 0.15) is 25.3 Å². The van der Waals surface area contributed by atoms with Crippen molar-refractivity contribution in [2.45, 2.75) is 26.2 Å². The molecule has 2 nitrogen and oxygen atoms in total. The predicted octanol–water partition coefficient (Wildman–Crippen LogP) is 3.09. The van der Waals surface area contributed by atoms with Crippen molar-refractivity contribution in [3.05, 3.63) is 34.1 Å². The van der Waals surface area contributed by atoms with E-state index in [1.54, 1.807) is 6.07 Å². The fraction of sp³-hybridized carbons (Fsp3) is 0.500. The lowest BCUT2D eigenvalue weighted by atomic mass is 9.77. The van der Waals surface area contributed by atoms with Crippen molar-refractivity contribution in [2.24, 2.45) is 5.41 Å². The highest BCUT2D eigenvalue weighted by Gasteiger charge is 2.34. The first kappa shape index (κ1) is 13.7. The van der Waals surface area contributed by atoms with E-state index >= 15 is 0 Å². The molecule has 0 amide bonds. The molecule has 0 radical (unpaired) electrons. The number of rotatable bonds is 3. The molecule has 1 aliphatic rings. The van der Waals surface area contributed by atoms with E-state index in [1.165, 1.54) is 12.1 Å². The number of carbonyl (C=O) groups excluding carboxylic acids is 1. The van der Waals surface area contributed by atoms with Crippen molar-refractivity contribution >= 4 is 21.7 Å². The molecule has 18 heavy (non-hydrogen) atoms. The maximum Gasteiger partial charge on any atom is 0.144 e. The van der Waals surface area contributed by atoms with Gasteiger partial charge in [-0.1, -0.05) is 22.9 Å². The van der Waals surface area contributed by atoms with Crippen LogP contribution in [0.2, 0.25) is 0 Å². The second-order valence-corrected chi connectivity index (χ2v) is 6.03. The molecule has 98 valence electrons. The van der Waals surface area contributed by atoms with Gasteiger partial charge in [0.1, 0.15) is 11.6 Å². The highest BCUT2D eigenvalue weighted by molar-refractivity contribution is 9.10. The molecule has 0 bridgehead atoms. The molecule has 1 fully saturated rings. The third kappa shape index (κ3) is 2.98. The zero-order valence-corrected chi connectivity index (χ0v) is 12.0. The zero-order chi connectivity index (χ0) is 13.2. The Hall–Kier alpha value is -0.740. The van der Waals surface area contributed by atoms with Crippen LogP contribution in [0.4, 0.5) is 4.39 Å². The van der Waals surface area contributed by atoms with E-state index in [0.717, 1.165) is 36.0 Å². The molecule has 1 aliphatic heterocycles. The summed E-state index contributed by atoms with van der Waals surface area (Å²) in [4.78, 5) is 12.4. The van der Waals surface area contributed by atoms with Gasteiger partial charge in [0.15, 0.2) is 0 Å². The second-order valence-electron chi connectivity index (χ2n) is 5.18. The summed E-state index contributed by atoms with van der Waals surface area (Å²) in [5.74, 6) is -0.117. The Labute approximate surface area is 115 Å². The Morgan fingerprint density at radius 1 is 1.56 bits per heavy atom. The van der Waals surface area contributed by atoms with Gasteiger partial charge in [-0.3, -0.25) is 4.79 Å². The monoisotopic (exact) mass is 313 g/mol. The van der Waals surface area contributed by atoms with Crippen LogP contribution in [0.3, 0.4) is 0 Å². The number of piperidine rings is 1. The largest absolute Gasteiger partial charge is 0.316 e. The van der Waals surface area contributed by atoms with E-state index in [2.05, 4.69) is 21.2 Å². The topological polar surface area (TPSA) is 29.1 Å². The summed E-state index contributed by atoms with van der Waals surface area (Å²) >= 11 is 3.37. The highest BCUT2D eigenvalue weighted by atomic mass is 79.9. The molecular formula is C14H17BrFNO. The molecular weight excluding hydrogens is 297 g/mol. The molecule has 0 spiro atoms. The summed E-state index contributed by atoms with van der Waals surface area (Å²) in [6.07, 6.45) is 2.22. The Balaban J connectivity index is 2.13. The molecule has 0 aromatic heterocycles. The standard InChI is InChI=1S/C14H17BrFNO/c1-14(5-2-6-17-9-14)13(18)8-10-7-11(16)3-4-12(10)15/h3-4,7,17H,2,5-6,8-9H2,1H3. The fourth-order valence-corrected chi connectivity index (χ4v) is 2.75. The van der Waals surface area contributed by atoms with Crippen LogP contribution in [0.25, 0.3) is 0 Å². The Morgan fingerprint density at radius 3 is 3.00 bits per heavy atom. The van der Waals surface area contributed by atoms with Gasteiger partial charge in [0.2, 0.25) is 0 Å². The minimum absolute atomic E-state index is 0.181. The summed E-state index contributed by atoms with van der Waals surface area (Å²) in [6, 6.07) is 4.48. The summed E-state index contributed by atoms with van der Waals surface area (Å²) in [6.45, 7) is 3.69. The summed E-state index contributed by atoms with van der Waals surface area (Å²) < 4.78 is 14.0. The molecule has 1 N–H and O–H groups in total. The second kappa shape index (κ2) is 5.49. The molecule has 0 saturated carbocycles. The molecule has 4 heteroatoms. The van der Waals surface area contributed by atoms with Gasteiger partial charge in [-0.2, -0.15) is 0 Å². The lowest BCUT2D eigenvalue weighted by Gasteiger charge is -2.32. The smallest absolute Gasteiger partial charge is 0.144 e. The van der Waals surface area contributed by atoms with Crippen molar-refractivity contribution in [3.63, 3.8) is 0 Å². The fourth-order valence-electron chi connectivity index (χ4n) is 2.36. The van der Waals surface area contributed by atoms with Crippen LogP contribution in [0.5, 0.6) is 0 Å². The van der Waals surface area contributed by atoms with E-state index in [-0.39, 0.29) is 23.4 Å². The maximum absolute atomic E-state index is 13.2. The number of hydrogen-bond acceptors (Lipinski definition) is 2. The molecule has 1 unspecified atom stereocenters. The number of halogens is 2. The normalized spacial score (nSPS) is 23.9. The third-order valence-electron chi connectivity index (χ3n) is 3.63. The Morgan fingerprint density at radius 2 is 2.33 bits per heavy atom. The van der Waals surface area contributed by atoms with E-state index in [0.29, 0.717) is 0 Å². The van der Waals surface area contributed by atoms with E-state index in [4.69, 9.17) is 0 Å². The average Bonchev–Trinajstić information content (AvgIpc) is 2.35. The molecule has 1 atom stereocenters. The number of nitrogens with one attached hydrogen (secondary N) is 1. The summed E-state index contributed by atoms with van der Waals surface area (Å²) in [5.41, 5.74) is 0.413. The van der Waals surface area contributed by atoms with Gasteiger partial charge in [-0.15, -0.1) is 0 Å². The lowest BCUT2D eigenvalue weighted by Crippen LogP contribution is -2.44. The van der Waals surface area contributed by atoms with Gasteiger partial charge in [0, 0.05) is 22.9 Å². The van der Waals surface area contributed by atoms with Gasteiger partial charge >= 0.3 is 0 Å². The quantitative estimate of drug-likeness (QED) is 0.929. The highest BCUT2D eigenvalue weighted by Crippen LogP contribution is 2.29. The van der Waals surface area contributed by atoms with Crippen LogP contribution < -0.4 is 5.32 Å². The van der Waals surface area contributed by atoms with Gasteiger partial charge in [0.05, 0.1) is 0 Å². The van der Waals surface area contributed by atoms with Gasteiger partial charge in [-0.05, 0) is 43.1 Å². The number of carbonyl (C=O) groups is 1. The van der Waals surface area contributed by atoms with E-state index in [1.807, 2.05) is 6.92 Å². The maximum atomic E-state index is 13.2. The van der Waals surface area contributed by atoms with Gasteiger partial charge in [0.25, 0.3) is 0 Å². The van der Waals surface area contributed by atoms with Crippen LogP contribution in [0, 0.1) is 11.2 Å². The van der Waals surface area contributed by atoms with Crippen LogP contribution in [-0.2, 0) is 11.2 Å². The van der Waals surface area contributed by atoms with Crippen LogP contribution >= 0.6 is 15.9 Å². The average molecular weight is 314 g/mol. The number of hydrogen-bond donors (Lipinski definition) is 1. The molecule has 1 aromatic carbocycles. The number of Topliss-reactive ketones (excluding diaryl/α,β-unsaturated/α-hetero) is 1. The number of benzene rings is 1. The molecule has 1 aromatic rings. The van der Waals surface area contributed by atoms with Crippen molar-refractivity contribution in [1.82, 2.24) is 5.32 Å². The minimum atomic E-state index is -0.315. The Kier molecular flexibility index (Phi) is 4.17. The lowest BCUT2D eigenvalue weighted by molar-refractivity contribution is -0.128. The van der Waals surface area contributed by atoms with Crippen molar-refractivity contribution in [2.75, 3.05) is 13.1 Å². The first-order valence-corrected chi connectivity index (χ1v) is 6.98. The minimum Gasteiger partial charge on any atom is -0.316 e.